The molecule has 0 spiro atoms. The van der Waals surface area contributed by atoms with Crippen molar-refractivity contribution in [3.8, 4) is 10.6 Å². The number of rotatable bonds is 7. The van der Waals surface area contributed by atoms with Gasteiger partial charge in [0, 0.05) is 29.6 Å². The molecule has 3 N–H and O–H groups in total. The minimum atomic E-state index is -0.409. The van der Waals surface area contributed by atoms with Crippen molar-refractivity contribution in [3.63, 3.8) is 0 Å². The predicted molar refractivity (Wildman–Crippen MR) is 131 cm³/mol. The van der Waals surface area contributed by atoms with Crippen LogP contribution >= 0.6 is 22.9 Å². The van der Waals surface area contributed by atoms with Crippen molar-refractivity contribution in [1.29, 1.82) is 0 Å². The average molecular weight is 481 g/mol. The number of nitrogens with zero attached hydrogens (tertiary/aromatic N) is 1. The minimum Gasteiger partial charge on any atom is -0.459 e. The van der Waals surface area contributed by atoms with Crippen LogP contribution in [0.2, 0.25) is 5.02 Å². The summed E-state index contributed by atoms with van der Waals surface area (Å²) in [6.45, 7) is 2.49. The monoisotopic (exact) mass is 480 g/mol. The van der Waals surface area contributed by atoms with Crippen molar-refractivity contribution in [2.24, 2.45) is 0 Å². The van der Waals surface area contributed by atoms with Gasteiger partial charge in [0.25, 0.3) is 5.91 Å². The normalized spacial score (nSPS) is 10.6. The Labute approximate surface area is 199 Å². The van der Waals surface area contributed by atoms with Crippen molar-refractivity contribution in [2.45, 2.75) is 13.3 Å². The molecule has 2 aromatic heterocycles. The van der Waals surface area contributed by atoms with Gasteiger partial charge in [-0.15, -0.1) is 11.3 Å². The van der Waals surface area contributed by atoms with Gasteiger partial charge in [-0.1, -0.05) is 41.4 Å². The number of aromatic nitrogens is 1. The van der Waals surface area contributed by atoms with Crippen LogP contribution in [0.3, 0.4) is 0 Å². The summed E-state index contributed by atoms with van der Waals surface area (Å²) in [7, 11) is 0. The Morgan fingerprint density at radius 2 is 1.91 bits per heavy atom. The second-order valence-corrected chi connectivity index (χ2v) is 8.53. The van der Waals surface area contributed by atoms with E-state index in [4.69, 9.17) is 16.0 Å². The first-order valence-electron chi connectivity index (χ1n) is 10.2. The van der Waals surface area contributed by atoms with E-state index < -0.39 is 5.91 Å². The topological polar surface area (TPSA) is 96.3 Å². The molecule has 168 valence electrons. The maximum Gasteiger partial charge on any atom is 0.319 e. The van der Waals surface area contributed by atoms with Gasteiger partial charge in [-0.05, 0) is 37.3 Å². The van der Waals surface area contributed by atoms with Crippen molar-refractivity contribution in [1.82, 2.24) is 10.3 Å². The Kier molecular flexibility index (Phi) is 7.07. The number of carbonyl (C=O) groups excluding carboxylic acids is 2. The number of nitrogens with one attached hydrogen (secondary N) is 3. The van der Waals surface area contributed by atoms with E-state index in [1.54, 1.807) is 41.7 Å². The summed E-state index contributed by atoms with van der Waals surface area (Å²) >= 11 is 7.83. The second-order valence-electron chi connectivity index (χ2n) is 7.27. The highest BCUT2D eigenvalue weighted by atomic mass is 35.5. The lowest BCUT2D eigenvalue weighted by Crippen LogP contribution is -2.30. The molecule has 0 unspecified atom stereocenters. The first-order valence-corrected chi connectivity index (χ1v) is 11.4. The quantitative estimate of drug-likeness (QED) is 0.303. The van der Waals surface area contributed by atoms with Gasteiger partial charge in [0.2, 0.25) is 0 Å². The number of amides is 3. The number of hydrogen-bond acceptors (Lipinski definition) is 5. The van der Waals surface area contributed by atoms with Crippen LogP contribution in [0.25, 0.3) is 10.6 Å². The van der Waals surface area contributed by atoms with Crippen molar-refractivity contribution in [3.05, 3.63) is 88.3 Å². The number of urea groups is 1. The summed E-state index contributed by atoms with van der Waals surface area (Å²) < 4.78 is 5.06. The SMILES string of the molecule is Cc1ccc(-c2nc(CCNC(=O)Nc3ccc(NC(=O)c4ccco4)c(Cl)c3)cs2)cc1. The number of carbonyl (C=O) groups is 2. The Balaban J connectivity index is 1.25. The lowest BCUT2D eigenvalue weighted by molar-refractivity contribution is 0.0996. The first kappa shape index (κ1) is 22.6. The molecule has 0 radical (unpaired) electrons. The molecule has 0 aliphatic carbocycles. The van der Waals surface area contributed by atoms with E-state index in [-0.39, 0.29) is 11.8 Å². The van der Waals surface area contributed by atoms with Crippen LogP contribution in [0.1, 0.15) is 21.8 Å². The van der Waals surface area contributed by atoms with Gasteiger partial charge in [-0.3, -0.25) is 4.79 Å². The molecule has 2 aromatic carbocycles. The van der Waals surface area contributed by atoms with Crippen molar-refractivity contribution < 1.29 is 14.0 Å². The molecule has 33 heavy (non-hydrogen) atoms. The van der Waals surface area contributed by atoms with Gasteiger partial charge in [0.15, 0.2) is 5.76 Å². The van der Waals surface area contributed by atoms with E-state index in [0.29, 0.717) is 29.4 Å². The van der Waals surface area contributed by atoms with Crippen LogP contribution in [0, 0.1) is 6.92 Å². The molecule has 0 saturated carbocycles. The molecule has 9 heteroatoms. The molecule has 0 bridgehead atoms. The highest BCUT2D eigenvalue weighted by Crippen LogP contribution is 2.26. The standard InChI is InChI=1S/C24H21ClN4O3S/c1-15-4-6-16(7-5-15)23-27-18(14-33-23)10-11-26-24(31)28-17-8-9-20(19(25)13-17)29-22(30)21-3-2-12-32-21/h2-9,12-14H,10-11H2,1H3,(H,29,30)(H2,26,28,31). The minimum absolute atomic E-state index is 0.179. The van der Waals surface area contributed by atoms with Crippen LogP contribution < -0.4 is 16.0 Å². The Morgan fingerprint density at radius 3 is 2.64 bits per heavy atom. The highest BCUT2D eigenvalue weighted by Gasteiger charge is 2.12. The number of furan rings is 1. The van der Waals surface area contributed by atoms with Crippen LogP contribution in [-0.4, -0.2) is 23.5 Å². The zero-order valence-corrected chi connectivity index (χ0v) is 19.3. The van der Waals surface area contributed by atoms with Gasteiger partial charge < -0.3 is 20.4 Å². The van der Waals surface area contributed by atoms with E-state index >= 15 is 0 Å². The molecule has 0 fully saturated rings. The fourth-order valence-corrected chi connectivity index (χ4v) is 4.10. The maximum absolute atomic E-state index is 12.2. The highest BCUT2D eigenvalue weighted by molar-refractivity contribution is 7.13. The smallest absolute Gasteiger partial charge is 0.319 e. The van der Waals surface area contributed by atoms with E-state index in [1.165, 1.54) is 11.8 Å². The Bertz CT molecular complexity index is 1250. The fourth-order valence-electron chi connectivity index (χ4n) is 3.02. The predicted octanol–water partition coefficient (Wildman–Crippen LogP) is 5.98. The third-order valence-corrected chi connectivity index (χ3v) is 5.99. The van der Waals surface area contributed by atoms with E-state index in [9.17, 15) is 9.59 Å². The summed E-state index contributed by atoms with van der Waals surface area (Å²) in [5.74, 6) is -0.230. The number of halogens is 1. The lowest BCUT2D eigenvalue weighted by Gasteiger charge is -2.10. The van der Waals surface area contributed by atoms with E-state index in [1.807, 2.05) is 5.38 Å². The summed E-state index contributed by atoms with van der Waals surface area (Å²) in [6.07, 6.45) is 2.04. The zero-order valence-electron chi connectivity index (χ0n) is 17.7. The molecule has 4 rings (SSSR count). The van der Waals surface area contributed by atoms with Gasteiger partial charge >= 0.3 is 6.03 Å². The number of thiazole rings is 1. The number of anilines is 2. The van der Waals surface area contributed by atoms with Crippen LogP contribution in [0.5, 0.6) is 0 Å². The third kappa shape index (κ3) is 6.00. The molecule has 2 heterocycles. The maximum atomic E-state index is 12.2. The average Bonchev–Trinajstić information content (AvgIpc) is 3.49. The number of benzene rings is 2. The van der Waals surface area contributed by atoms with Gasteiger partial charge in [0.1, 0.15) is 5.01 Å². The number of hydrogen-bond donors (Lipinski definition) is 3. The third-order valence-electron chi connectivity index (χ3n) is 4.74. The molecule has 4 aromatic rings. The van der Waals surface area contributed by atoms with Crippen LogP contribution in [0.4, 0.5) is 16.2 Å². The largest absolute Gasteiger partial charge is 0.459 e. The summed E-state index contributed by atoms with van der Waals surface area (Å²) in [5, 5.41) is 11.5. The molecular formula is C24H21ClN4O3S. The van der Waals surface area contributed by atoms with E-state index in [2.05, 4.69) is 52.1 Å². The fraction of sp³-hybridized carbons (Fsp3) is 0.125. The Hall–Kier alpha value is -3.62. The zero-order chi connectivity index (χ0) is 23.2. The lowest BCUT2D eigenvalue weighted by atomic mass is 10.2. The van der Waals surface area contributed by atoms with Gasteiger partial charge in [-0.2, -0.15) is 0 Å². The van der Waals surface area contributed by atoms with E-state index in [0.717, 1.165) is 16.3 Å². The molecule has 0 aliphatic heterocycles. The van der Waals surface area contributed by atoms with Gasteiger partial charge in [0.05, 0.1) is 22.7 Å². The van der Waals surface area contributed by atoms with Crippen LogP contribution in [0.15, 0.2) is 70.7 Å². The summed E-state index contributed by atoms with van der Waals surface area (Å²) in [4.78, 5) is 28.9. The number of aryl methyl sites for hydroxylation is 1. The Morgan fingerprint density at radius 1 is 1.09 bits per heavy atom. The molecular weight excluding hydrogens is 460 g/mol. The molecule has 7 nitrogen and oxygen atoms in total. The summed E-state index contributed by atoms with van der Waals surface area (Å²) in [5.41, 5.74) is 4.14. The van der Waals surface area contributed by atoms with Crippen LogP contribution in [-0.2, 0) is 6.42 Å². The molecule has 0 saturated heterocycles. The van der Waals surface area contributed by atoms with Crippen molar-refractivity contribution >= 4 is 46.3 Å². The molecule has 0 aliphatic rings. The molecule has 0 atom stereocenters. The summed E-state index contributed by atoms with van der Waals surface area (Å²) in [6, 6.07) is 15.9. The first-order chi connectivity index (χ1) is 16.0. The van der Waals surface area contributed by atoms with Crippen molar-refractivity contribution in [2.75, 3.05) is 17.2 Å². The molecule has 3 amide bonds. The second kappa shape index (κ2) is 10.3. The van der Waals surface area contributed by atoms with Gasteiger partial charge in [-0.25, -0.2) is 9.78 Å².